The smallest absolute Gasteiger partial charge is 0.326 e. The highest BCUT2D eigenvalue weighted by Crippen LogP contribution is 2.23. The van der Waals surface area contributed by atoms with E-state index in [1.54, 1.807) is 6.92 Å². The monoisotopic (exact) mass is 276 g/mol. The molecule has 1 unspecified atom stereocenters. The fourth-order valence-corrected chi connectivity index (χ4v) is 2.28. The van der Waals surface area contributed by atoms with Crippen molar-refractivity contribution in [3.63, 3.8) is 0 Å². The SMILES string of the molecule is Cc1cc(C(=O)N2Cc3[nH]cnc3CC2C(=O)O)on1. The first kappa shape index (κ1) is 12.4. The number of carbonyl (C=O) groups excluding carboxylic acids is 1. The van der Waals surface area contributed by atoms with Crippen molar-refractivity contribution in [3.8, 4) is 0 Å². The number of fused-ring (bicyclic) bond motifs is 1. The van der Waals surface area contributed by atoms with Gasteiger partial charge in [-0.15, -0.1) is 0 Å². The van der Waals surface area contributed by atoms with Crippen LogP contribution in [0.5, 0.6) is 0 Å². The molecular weight excluding hydrogens is 264 g/mol. The van der Waals surface area contributed by atoms with E-state index in [-0.39, 0.29) is 18.7 Å². The first-order valence-corrected chi connectivity index (χ1v) is 6.04. The van der Waals surface area contributed by atoms with E-state index in [0.29, 0.717) is 11.4 Å². The standard InChI is InChI=1S/C12H12N4O4/c1-6-2-10(20-15-6)11(17)16-4-8-7(13-5-14-8)3-9(16)12(18)19/h2,5,9H,3-4H2,1H3,(H,13,14)(H,18,19). The van der Waals surface area contributed by atoms with Crippen molar-refractivity contribution in [3.05, 3.63) is 35.2 Å². The summed E-state index contributed by atoms with van der Waals surface area (Å²) in [5, 5.41) is 12.9. The summed E-state index contributed by atoms with van der Waals surface area (Å²) in [5.74, 6) is -1.52. The van der Waals surface area contributed by atoms with E-state index in [0.717, 1.165) is 5.69 Å². The van der Waals surface area contributed by atoms with Gasteiger partial charge in [-0.3, -0.25) is 4.79 Å². The van der Waals surface area contributed by atoms with Crippen molar-refractivity contribution in [1.29, 1.82) is 0 Å². The van der Waals surface area contributed by atoms with Gasteiger partial charge < -0.3 is 19.5 Å². The predicted octanol–water partition coefficient (Wildman–Crippen LogP) is 0.358. The molecule has 1 atom stereocenters. The van der Waals surface area contributed by atoms with Gasteiger partial charge in [-0.2, -0.15) is 0 Å². The molecule has 0 saturated heterocycles. The maximum absolute atomic E-state index is 12.4. The highest BCUT2D eigenvalue weighted by molar-refractivity contribution is 5.94. The van der Waals surface area contributed by atoms with Gasteiger partial charge >= 0.3 is 5.97 Å². The zero-order chi connectivity index (χ0) is 14.3. The molecule has 1 amide bonds. The Morgan fingerprint density at radius 3 is 3.00 bits per heavy atom. The van der Waals surface area contributed by atoms with Crippen LogP contribution in [0.25, 0.3) is 0 Å². The first-order valence-electron chi connectivity index (χ1n) is 6.04. The topological polar surface area (TPSA) is 112 Å². The van der Waals surface area contributed by atoms with E-state index in [1.807, 2.05) is 0 Å². The van der Waals surface area contributed by atoms with Gasteiger partial charge in [0.15, 0.2) is 0 Å². The highest BCUT2D eigenvalue weighted by Gasteiger charge is 2.37. The molecule has 104 valence electrons. The molecule has 8 heteroatoms. The van der Waals surface area contributed by atoms with Crippen LogP contribution in [0, 0.1) is 6.92 Å². The van der Waals surface area contributed by atoms with Gasteiger partial charge in [0.2, 0.25) is 5.76 Å². The molecule has 1 aliphatic rings. The maximum atomic E-state index is 12.4. The quantitative estimate of drug-likeness (QED) is 0.818. The molecule has 2 aromatic heterocycles. The Labute approximate surface area is 113 Å². The maximum Gasteiger partial charge on any atom is 0.326 e. The fraction of sp³-hybridized carbons (Fsp3) is 0.333. The number of hydrogen-bond donors (Lipinski definition) is 2. The minimum Gasteiger partial charge on any atom is -0.480 e. The summed E-state index contributed by atoms with van der Waals surface area (Å²) in [4.78, 5) is 31.9. The van der Waals surface area contributed by atoms with Crippen LogP contribution < -0.4 is 0 Å². The number of nitrogens with one attached hydrogen (secondary N) is 1. The third kappa shape index (κ3) is 1.94. The largest absolute Gasteiger partial charge is 0.480 e. The molecule has 2 N–H and O–H groups in total. The number of aromatic amines is 1. The molecule has 8 nitrogen and oxygen atoms in total. The summed E-state index contributed by atoms with van der Waals surface area (Å²) in [6.45, 7) is 1.85. The van der Waals surface area contributed by atoms with Crippen molar-refractivity contribution in [1.82, 2.24) is 20.0 Å². The van der Waals surface area contributed by atoms with Gasteiger partial charge in [0.05, 0.1) is 30.0 Å². The lowest BCUT2D eigenvalue weighted by Gasteiger charge is -2.31. The molecule has 0 bridgehead atoms. The lowest BCUT2D eigenvalue weighted by molar-refractivity contribution is -0.142. The Morgan fingerprint density at radius 2 is 2.35 bits per heavy atom. The van der Waals surface area contributed by atoms with Crippen LogP contribution in [0.2, 0.25) is 0 Å². The third-order valence-corrected chi connectivity index (χ3v) is 3.28. The second kappa shape index (κ2) is 4.48. The lowest BCUT2D eigenvalue weighted by Crippen LogP contribution is -2.48. The molecule has 20 heavy (non-hydrogen) atoms. The Bertz CT molecular complexity index is 675. The Morgan fingerprint density at radius 1 is 1.55 bits per heavy atom. The molecule has 0 radical (unpaired) electrons. The van der Waals surface area contributed by atoms with Crippen molar-refractivity contribution in [2.75, 3.05) is 0 Å². The van der Waals surface area contributed by atoms with Gasteiger partial charge in [-0.1, -0.05) is 5.16 Å². The van der Waals surface area contributed by atoms with Crippen LogP contribution in [-0.2, 0) is 17.8 Å². The number of carboxylic acid groups (broad SMARTS) is 1. The lowest BCUT2D eigenvalue weighted by atomic mass is 10.0. The Kier molecular flexibility index (Phi) is 2.78. The first-order chi connectivity index (χ1) is 9.56. The number of carboxylic acids is 1. The molecule has 1 aliphatic heterocycles. The summed E-state index contributed by atoms with van der Waals surface area (Å²) in [5.41, 5.74) is 1.99. The molecule has 0 spiro atoms. The third-order valence-electron chi connectivity index (χ3n) is 3.28. The van der Waals surface area contributed by atoms with Crippen LogP contribution >= 0.6 is 0 Å². The van der Waals surface area contributed by atoms with Crippen LogP contribution in [-0.4, -0.2) is 43.0 Å². The summed E-state index contributed by atoms with van der Waals surface area (Å²) in [6, 6.07) is 0.535. The number of carbonyl (C=O) groups is 2. The van der Waals surface area contributed by atoms with Crippen LogP contribution in [0.3, 0.4) is 0 Å². The average Bonchev–Trinajstić information content (AvgIpc) is 3.04. The second-order valence-corrected chi connectivity index (χ2v) is 4.65. The molecular formula is C12H12N4O4. The van der Waals surface area contributed by atoms with Gasteiger partial charge in [0.1, 0.15) is 6.04 Å². The number of aliphatic carboxylic acids is 1. The van der Waals surface area contributed by atoms with Crippen molar-refractivity contribution in [2.24, 2.45) is 0 Å². The molecule has 0 aromatic carbocycles. The van der Waals surface area contributed by atoms with Gasteiger partial charge in [0.25, 0.3) is 5.91 Å². The summed E-state index contributed by atoms with van der Waals surface area (Å²) in [7, 11) is 0. The number of H-pyrrole nitrogens is 1. The van der Waals surface area contributed by atoms with E-state index < -0.39 is 17.9 Å². The molecule has 0 saturated carbocycles. The summed E-state index contributed by atoms with van der Waals surface area (Å²) < 4.78 is 4.92. The minimum absolute atomic E-state index is 0.0386. The predicted molar refractivity (Wildman–Crippen MR) is 64.8 cm³/mol. The average molecular weight is 276 g/mol. The summed E-state index contributed by atoms with van der Waals surface area (Å²) >= 11 is 0. The second-order valence-electron chi connectivity index (χ2n) is 4.65. The fourth-order valence-electron chi connectivity index (χ4n) is 2.28. The molecule has 2 aromatic rings. The zero-order valence-electron chi connectivity index (χ0n) is 10.7. The number of nitrogens with zero attached hydrogens (tertiary/aromatic N) is 3. The van der Waals surface area contributed by atoms with Crippen molar-refractivity contribution < 1.29 is 19.2 Å². The van der Waals surface area contributed by atoms with E-state index in [2.05, 4.69) is 15.1 Å². The van der Waals surface area contributed by atoms with Gasteiger partial charge in [0, 0.05) is 12.5 Å². The van der Waals surface area contributed by atoms with E-state index in [4.69, 9.17) is 4.52 Å². The number of amides is 1. The number of imidazole rings is 1. The summed E-state index contributed by atoms with van der Waals surface area (Å²) in [6.07, 6.45) is 1.67. The Hall–Kier alpha value is -2.64. The van der Waals surface area contributed by atoms with Crippen LogP contribution in [0.15, 0.2) is 16.9 Å². The van der Waals surface area contributed by atoms with Gasteiger partial charge in [-0.25, -0.2) is 9.78 Å². The van der Waals surface area contributed by atoms with E-state index >= 15 is 0 Å². The van der Waals surface area contributed by atoms with Gasteiger partial charge in [-0.05, 0) is 6.92 Å². The molecule has 0 aliphatic carbocycles. The molecule has 0 fully saturated rings. The number of hydrogen-bond acceptors (Lipinski definition) is 5. The zero-order valence-corrected chi connectivity index (χ0v) is 10.7. The van der Waals surface area contributed by atoms with Crippen LogP contribution in [0.4, 0.5) is 0 Å². The van der Waals surface area contributed by atoms with Crippen LogP contribution in [0.1, 0.15) is 27.6 Å². The number of aromatic nitrogens is 3. The van der Waals surface area contributed by atoms with Crippen molar-refractivity contribution >= 4 is 11.9 Å². The minimum atomic E-state index is -1.07. The van der Waals surface area contributed by atoms with E-state index in [1.165, 1.54) is 17.3 Å². The number of rotatable bonds is 2. The van der Waals surface area contributed by atoms with E-state index in [9.17, 15) is 14.7 Å². The van der Waals surface area contributed by atoms with Crippen molar-refractivity contribution in [2.45, 2.75) is 25.9 Å². The Balaban J connectivity index is 1.94. The highest BCUT2D eigenvalue weighted by atomic mass is 16.5. The molecule has 3 heterocycles. The number of aryl methyl sites for hydroxylation is 1. The molecule has 3 rings (SSSR count). The normalized spacial score (nSPS) is 17.9.